The van der Waals surface area contributed by atoms with Crippen molar-refractivity contribution in [2.75, 3.05) is 11.9 Å². The molecule has 3 rings (SSSR count). The molecule has 0 unspecified atom stereocenters. The van der Waals surface area contributed by atoms with E-state index in [4.69, 9.17) is 4.84 Å². The number of nitrogens with zero attached hydrogens (tertiary/aromatic N) is 1. The molecule has 162 valence electrons. The summed E-state index contributed by atoms with van der Waals surface area (Å²) in [5.41, 5.74) is -0.632. The molecule has 7 nitrogen and oxygen atoms in total. The fourth-order valence-corrected chi connectivity index (χ4v) is 2.97. The number of aliphatic hydroxyl groups is 1. The number of hydroxylamine groups is 1. The molecular weight excluding hydrogens is 464 g/mol. The number of carbonyl (C=O) groups is 1. The first kappa shape index (κ1) is 22.4. The number of hydrogen-bond donors (Lipinski definition) is 3. The first-order valence-corrected chi connectivity index (χ1v) is 10.1. The number of nitrogens with one attached hydrogen (secondary N) is 2. The van der Waals surface area contributed by atoms with Crippen LogP contribution in [0.4, 0.5) is 20.2 Å². The number of aliphatic hydroxyl groups excluding tert-OH is 1. The van der Waals surface area contributed by atoms with Gasteiger partial charge in [-0.05, 0) is 50.8 Å². The number of halogens is 3. The van der Waals surface area contributed by atoms with E-state index >= 15 is 4.39 Å². The van der Waals surface area contributed by atoms with Crippen LogP contribution in [0.25, 0.3) is 0 Å². The number of carbonyl (C=O) groups excluding carboxylic acids is 1. The third-order valence-electron chi connectivity index (χ3n) is 4.61. The van der Waals surface area contributed by atoms with Crippen molar-refractivity contribution in [2.24, 2.45) is 5.92 Å². The van der Waals surface area contributed by atoms with Crippen molar-refractivity contribution >= 4 is 33.2 Å². The van der Waals surface area contributed by atoms with Gasteiger partial charge in [-0.25, -0.2) is 9.87 Å². The first-order valence-electron chi connectivity index (χ1n) is 9.35. The fourth-order valence-electron chi connectivity index (χ4n) is 2.64. The fraction of sp³-hybridized carbons (Fsp3) is 0.400. The summed E-state index contributed by atoms with van der Waals surface area (Å²) in [5.74, 6) is -2.49. The van der Waals surface area contributed by atoms with Gasteiger partial charge in [-0.2, -0.15) is 4.39 Å². The summed E-state index contributed by atoms with van der Waals surface area (Å²) >= 11 is 3.13. The van der Waals surface area contributed by atoms with E-state index in [1.807, 2.05) is 0 Å². The predicted molar refractivity (Wildman–Crippen MR) is 110 cm³/mol. The predicted octanol–water partition coefficient (Wildman–Crippen LogP) is 3.47. The van der Waals surface area contributed by atoms with E-state index in [0.717, 1.165) is 17.4 Å². The Bertz CT molecular complexity index is 1020. The zero-order valence-corrected chi connectivity index (χ0v) is 18.1. The second-order valence-electron chi connectivity index (χ2n) is 7.83. The number of pyridine rings is 1. The van der Waals surface area contributed by atoms with Gasteiger partial charge < -0.3 is 15.0 Å². The zero-order chi connectivity index (χ0) is 22.1. The molecule has 10 heteroatoms. The molecule has 0 aliphatic heterocycles. The highest BCUT2D eigenvalue weighted by Gasteiger charge is 2.27. The van der Waals surface area contributed by atoms with Crippen LogP contribution in [0, 0.1) is 17.6 Å². The summed E-state index contributed by atoms with van der Waals surface area (Å²) in [6.45, 7) is 2.99. The molecule has 0 spiro atoms. The average Bonchev–Trinajstić information content (AvgIpc) is 3.51. The van der Waals surface area contributed by atoms with E-state index in [1.54, 1.807) is 0 Å². The Morgan fingerprint density at radius 3 is 2.67 bits per heavy atom. The molecule has 30 heavy (non-hydrogen) atoms. The van der Waals surface area contributed by atoms with Gasteiger partial charge in [0, 0.05) is 17.2 Å². The van der Waals surface area contributed by atoms with Gasteiger partial charge in [0.1, 0.15) is 11.4 Å². The second-order valence-corrected chi connectivity index (χ2v) is 8.75. The maximum atomic E-state index is 15.0. The molecule has 1 aliphatic rings. The molecule has 2 aromatic rings. The number of rotatable bonds is 8. The molecule has 0 saturated heterocycles. The Morgan fingerprint density at radius 1 is 1.37 bits per heavy atom. The SMILES string of the molecule is CC(C)(CO)ONC(=O)c1cn(CC2CC2)c(=O)c(F)c1Nc1ccc(Br)cc1F. The number of benzene rings is 1. The van der Waals surface area contributed by atoms with Crippen LogP contribution in [0.3, 0.4) is 0 Å². The molecule has 1 fully saturated rings. The van der Waals surface area contributed by atoms with Crippen molar-refractivity contribution in [2.45, 2.75) is 38.8 Å². The van der Waals surface area contributed by atoms with Crippen LogP contribution in [-0.4, -0.2) is 27.8 Å². The maximum Gasteiger partial charge on any atom is 0.288 e. The Hall–Kier alpha value is -2.30. The molecule has 0 bridgehead atoms. The number of amides is 1. The minimum Gasteiger partial charge on any atom is -0.393 e. The van der Waals surface area contributed by atoms with Crippen molar-refractivity contribution in [3.63, 3.8) is 0 Å². The van der Waals surface area contributed by atoms with Gasteiger partial charge in [0.15, 0.2) is 0 Å². The van der Waals surface area contributed by atoms with Crippen molar-refractivity contribution in [1.29, 1.82) is 0 Å². The minimum absolute atomic E-state index is 0.109. The molecule has 1 heterocycles. The van der Waals surface area contributed by atoms with Gasteiger partial charge in [0.05, 0.1) is 23.5 Å². The van der Waals surface area contributed by atoms with E-state index in [1.165, 1.54) is 38.2 Å². The van der Waals surface area contributed by atoms with Crippen LogP contribution >= 0.6 is 15.9 Å². The number of anilines is 2. The summed E-state index contributed by atoms with van der Waals surface area (Å²) < 4.78 is 30.9. The summed E-state index contributed by atoms with van der Waals surface area (Å²) in [7, 11) is 0. The van der Waals surface area contributed by atoms with Crippen LogP contribution in [0.2, 0.25) is 0 Å². The molecule has 1 aromatic carbocycles. The molecule has 3 N–H and O–H groups in total. The first-order chi connectivity index (χ1) is 14.1. The van der Waals surface area contributed by atoms with E-state index in [2.05, 4.69) is 26.7 Å². The molecule has 0 radical (unpaired) electrons. The third-order valence-corrected chi connectivity index (χ3v) is 5.10. The van der Waals surface area contributed by atoms with E-state index in [0.29, 0.717) is 4.47 Å². The highest BCUT2D eigenvalue weighted by Crippen LogP contribution is 2.31. The number of aromatic nitrogens is 1. The smallest absolute Gasteiger partial charge is 0.288 e. The third kappa shape index (κ3) is 5.24. The Kier molecular flexibility index (Phi) is 6.59. The Morgan fingerprint density at radius 2 is 2.07 bits per heavy atom. The van der Waals surface area contributed by atoms with Crippen LogP contribution in [0.5, 0.6) is 0 Å². The summed E-state index contributed by atoms with van der Waals surface area (Å²) in [4.78, 5) is 30.4. The van der Waals surface area contributed by atoms with Gasteiger partial charge in [-0.15, -0.1) is 0 Å². The lowest BCUT2D eigenvalue weighted by molar-refractivity contribution is -0.0956. The van der Waals surface area contributed by atoms with Crippen molar-refractivity contribution < 1.29 is 23.5 Å². The van der Waals surface area contributed by atoms with E-state index in [9.17, 15) is 19.1 Å². The monoisotopic (exact) mass is 485 g/mol. The van der Waals surface area contributed by atoms with Crippen molar-refractivity contribution in [1.82, 2.24) is 10.0 Å². The van der Waals surface area contributed by atoms with Crippen LogP contribution in [0.1, 0.15) is 37.0 Å². The Labute approximate surface area is 180 Å². The Balaban J connectivity index is 2.01. The minimum atomic E-state index is -1.20. The van der Waals surface area contributed by atoms with Gasteiger partial charge in [0.25, 0.3) is 11.5 Å². The maximum absolute atomic E-state index is 15.0. The molecule has 1 amide bonds. The van der Waals surface area contributed by atoms with E-state index < -0.39 is 34.4 Å². The topological polar surface area (TPSA) is 92.6 Å². The molecule has 1 saturated carbocycles. The van der Waals surface area contributed by atoms with Crippen molar-refractivity contribution in [3.05, 3.63) is 56.4 Å². The summed E-state index contributed by atoms with van der Waals surface area (Å²) in [6, 6.07) is 4.05. The van der Waals surface area contributed by atoms with Crippen LogP contribution in [0.15, 0.2) is 33.7 Å². The molecule has 1 aromatic heterocycles. The summed E-state index contributed by atoms with van der Waals surface area (Å²) in [5, 5.41) is 11.8. The zero-order valence-electron chi connectivity index (χ0n) is 16.5. The summed E-state index contributed by atoms with van der Waals surface area (Å²) in [6.07, 6.45) is 3.08. The molecule has 0 atom stereocenters. The van der Waals surface area contributed by atoms with Crippen molar-refractivity contribution in [3.8, 4) is 0 Å². The van der Waals surface area contributed by atoms with E-state index in [-0.39, 0.29) is 30.3 Å². The lowest BCUT2D eigenvalue weighted by atomic mass is 10.1. The van der Waals surface area contributed by atoms with Gasteiger partial charge >= 0.3 is 0 Å². The quantitative estimate of drug-likeness (QED) is 0.497. The van der Waals surface area contributed by atoms with Gasteiger partial charge in [0.2, 0.25) is 5.82 Å². The molecular formula is C20H22BrF2N3O4. The lowest BCUT2D eigenvalue weighted by Gasteiger charge is -2.22. The average molecular weight is 486 g/mol. The molecule has 1 aliphatic carbocycles. The largest absolute Gasteiger partial charge is 0.393 e. The highest BCUT2D eigenvalue weighted by atomic mass is 79.9. The standard InChI is InChI=1S/C20H22BrF2N3O4/c1-20(2,10-27)30-25-18(28)13-9-26(8-11-3-4-11)19(29)16(23)17(13)24-15-6-5-12(21)7-14(15)22/h5-7,9,11,24,27H,3-4,8,10H2,1-2H3,(H,25,28). The van der Waals surface area contributed by atoms with Crippen LogP contribution in [-0.2, 0) is 11.4 Å². The lowest BCUT2D eigenvalue weighted by Crippen LogP contribution is -2.39. The number of hydrogen-bond acceptors (Lipinski definition) is 5. The van der Waals surface area contributed by atoms with Crippen LogP contribution < -0.4 is 16.4 Å². The highest BCUT2D eigenvalue weighted by molar-refractivity contribution is 9.10. The van der Waals surface area contributed by atoms with Gasteiger partial charge in [-0.3, -0.25) is 14.4 Å². The van der Waals surface area contributed by atoms with Gasteiger partial charge in [-0.1, -0.05) is 15.9 Å². The second kappa shape index (κ2) is 8.83. The normalized spacial score (nSPS) is 13.9.